The van der Waals surface area contributed by atoms with Crippen molar-refractivity contribution >= 4 is 17.4 Å². The number of hydrogen-bond acceptors (Lipinski definition) is 4. The van der Waals surface area contributed by atoms with Crippen molar-refractivity contribution in [2.75, 3.05) is 17.7 Å². The molecule has 2 N–H and O–H groups in total. The molecule has 0 aliphatic heterocycles. The van der Waals surface area contributed by atoms with Crippen LogP contribution in [-0.2, 0) is 13.0 Å². The maximum absolute atomic E-state index is 12.5. The van der Waals surface area contributed by atoms with Crippen molar-refractivity contribution in [2.45, 2.75) is 19.9 Å². The smallest absolute Gasteiger partial charge is 0.257 e. The lowest BCUT2D eigenvalue weighted by Crippen LogP contribution is -2.13. The van der Waals surface area contributed by atoms with Gasteiger partial charge in [0.2, 0.25) is 0 Å². The molecule has 0 spiro atoms. The second-order valence-corrected chi connectivity index (χ2v) is 6.06. The number of nitrogens with one attached hydrogen (secondary N) is 2. The van der Waals surface area contributed by atoms with Crippen LogP contribution < -0.4 is 15.4 Å². The Morgan fingerprint density at radius 1 is 1.00 bits per heavy atom. The van der Waals surface area contributed by atoms with E-state index in [0.29, 0.717) is 17.9 Å². The fraction of sp³-hybridized carbons (Fsp3) is 0.182. The summed E-state index contributed by atoms with van der Waals surface area (Å²) in [7, 11) is 1.65. The lowest BCUT2D eigenvalue weighted by molar-refractivity contribution is 0.102. The van der Waals surface area contributed by atoms with Crippen molar-refractivity contribution in [3.8, 4) is 5.75 Å². The number of anilines is 2. The second-order valence-electron chi connectivity index (χ2n) is 6.06. The summed E-state index contributed by atoms with van der Waals surface area (Å²) in [5.41, 5.74) is 3.50. The zero-order chi connectivity index (χ0) is 19.1. The first-order chi connectivity index (χ1) is 13.2. The van der Waals surface area contributed by atoms with Gasteiger partial charge in [-0.05, 0) is 36.2 Å². The van der Waals surface area contributed by atoms with Crippen LogP contribution in [0.1, 0.15) is 28.4 Å². The van der Waals surface area contributed by atoms with Crippen LogP contribution >= 0.6 is 0 Å². The Kier molecular flexibility index (Phi) is 6.05. The van der Waals surface area contributed by atoms with E-state index < -0.39 is 0 Å². The highest BCUT2D eigenvalue weighted by atomic mass is 16.5. The van der Waals surface area contributed by atoms with Gasteiger partial charge >= 0.3 is 0 Å². The molecule has 5 heteroatoms. The molecule has 3 aromatic rings. The van der Waals surface area contributed by atoms with E-state index in [2.05, 4.69) is 22.5 Å². The Bertz CT molecular complexity index is 907. The summed E-state index contributed by atoms with van der Waals surface area (Å²) in [6.07, 6.45) is 2.44. The van der Waals surface area contributed by atoms with Crippen LogP contribution in [0.25, 0.3) is 0 Å². The molecule has 0 radical (unpaired) electrons. The quantitative estimate of drug-likeness (QED) is 0.650. The van der Waals surface area contributed by atoms with Gasteiger partial charge in [-0.15, -0.1) is 0 Å². The molecule has 5 nitrogen and oxygen atoms in total. The molecule has 27 heavy (non-hydrogen) atoms. The summed E-state index contributed by atoms with van der Waals surface area (Å²) in [6.45, 7) is 2.65. The first-order valence-electron chi connectivity index (χ1n) is 8.92. The van der Waals surface area contributed by atoms with Gasteiger partial charge in [-0.2, -0.15) is 0 Å². The number of amides is 1. The molecular formula is C22H23N3O2. The molecule has 0 fully saturated rings. The molecule has 1 aromatic heterocycles. The number of carbonyl (C=O) groups is 1. The van der Waals surface area contributed by atoms with Gasteiger partial charge in [0.05, 0.1) is 12.7 Å². The van der Waals surface area contributed by atoms with Crippen LogP contribution in [0.15, 0.2) is 66.9 Å². The predicted octanol–water partition coefficient (Wildman–Crippen LogP) is 4.52. The molecular weight excluding hydrogens is 338 g/mol. The number of hydrogen-bond donors (Lipinski definition) is 2. The first kappa shape index (κ1) is 18.5. The Balaban J connectivity index is 1.63. The van der Waals surface area contributed by atoms with E-state index >= 15 is 0 Å². The lowest BCUT2D eigenvalue weighted by Gasteiger charge is -2.11. The number of aromatic nitrogens is 1. The van der Waals surface area contributed by atoms with Gasteiger partial charge in [0.25, 0.3) is 5.91 Å². The van der Waals surface area contributed by atoms with Crippen molar-refractivity contribution in [3.63, 3.8) is 0 Å². The Morgan fingerprint density at radius 2 is 1.74 bits per heavy atom. The van der Waals surface area contributed by atoms with Crippen LogP contribution in [0.4, 0.5) is 11.5 Å². The Morgan fingerprint density at radius 3 is 2.44 bits per heavy atom. The average molecular weight is 361 g/mol. The Hall–Kier alpha value is -3.34. The molecule has 0 saturated heterocycles. The third-order valence-corrected chi connectivity index (χ3v) is 4.32. The van der Waals surface area contributed by atoms with Crippen molar-refractivity contribution < 1.29 is 9.53 Å². The van der Waals surface area contributed by atoms with Gasteiger partial charge in [0, 0.05) is 24.0 Å². The largest absolute Gasteiger partial charge is 0.496 e. The number of para-hydroxylation sites is 2. The predicted molar refractivity (Wildman–Crippen MR) is 108 cm³/mol. The normalized spacial score (nSPS) is 10.3. The van der Waals surface area contributed by atoms with Gasteiger partial charge in [-0.1, -0.05) is 43.3 Å². The molecule has 138 valence electrons. The topological polar surface area (TPSA) is 63.2 Å². The molecule has 0 unspecified atom stereocenters. The molecule has 0 aliphatic carbocycles. The zero-order valence-corrected chi connectivity index (χ0v) is 15.5. The number of rotatable bonds is 7. The molecule has 1 heterocycles. The van der Waals surface area contributed by atoms with E-state index in [1.807, 2.05) is 48.5 Å². The minimum Gasteiger partial charge on any atom is -0.496 e. The van der Waals surface area contributed by atoms with Gasteiger partial charge < -0.3 is 15.4 Å². The van der Waals surface area contributed by atoms with Gasteiger partial charge in [-0.25, -0.2) is 4.98 Å². The fourth-order valence-corrected chi connectivity index (χ4v) is 2.81. The van der Waals surface area contributed by atoms with Crippen LogP contribution in [0.2, 0.25) is 0 Å². The van der Waals surface area contributed by atoms with Crippen LogP contribution in [-0.4, -0.2) is 18.0 Å². The number of ether oxygens (including phenoxy) is 1. The molecule has 3 rings (SSSR count). The zero-order valence-electron chi connectivity index (χ0n) is 15.5. The highest BCUT2D eigenvalue weighted by molar-refractivity contribution is 6.04. The van der Waals surface area contributed by atoms with Gasteiger partial charge in [0.15, 0.2) is 0 Å². The minimum atomic E-state index is -0.167. The number of nitrogens with zero attached hydrogens (tertiary/aromatic N) is 1. The summed E-state index contributed by atoms with van der Waals surface area (Å²) in [5, 5.41) is 6.20. The van der Waals surface area contributed by atoms with E-state index in [9.17, 15) is 4.79 Å². The third-order valence-electron chi connectivity index (χ3n) is 4.32. The monoisotopic (exact) mass is 361 g/mol. The average Bonchev–Trinajstić information content (AvgIpc) is 2.73. The van der Waals surface area contributed by atoms with E-state index in [-0.39, 0.29) is 5.91 Å². The number of methoxy groups -OCH3 is 1. The Labute approximate surface area is 159 Å². The van der Waals surface area contributed by atoms with Crippen molar-refractivity contribution in [1.29, 1.82) is 0 Å². The number of aryl methyl sites for hydroxylation is 1. The molecule has 1 amide bonds. The summed E-state index contributed by atoms with van der Waals surface area (Å²) >= 11 is 0. The fourth-order valence-electron chi connectivity index (χ4n) is 2.81. The molecule has 0 aliphatic rings. The van der Waals surface area contributed by atoms with Crippen molar-refractivity contribution in [3.05, 3.63) is 83.6 Å². The molecule has 0 saturated carbocycles. The summed E-state index contributed by atoms with van der Waals surface area (Å²) in [5.74, 6) is 1.36. The van der Waals surface area contributed by atoms with E-state index in [4.69, 9.17) is 4.74 Å². The number of benzene rings is 2. The highest BCUT2D eigenvalue weighted by Gasteiger charge is 2.09. The van der Waals surface area contributed by atoms with E-state index in [1.165, 1.54) is 0 Å². The molecule has 0 atom stereocenters. The standard InChI is InChI=1S/C22H23N3O2/c1-3-16-8-4-6-10-19(16)25-22(26)18-12-13-21(24-15-18)23-14-17-9-5-7-11-20(17)27-2/h4-13,15H,3,14H2,1-2H3,(H,23,24)(H,25,26). The van der Waals surface area contributed by atoms with Crippen molar-refractivity contribution in [2.24, 2.45) is 0 Å². The summed E-state index contributed by atoms with van der Waals surface area (Å²) in [4.78, 5) is 16.8. The summed E-state index contributed by atoms with van der Waals surface area (Å²) in [6, 6.07) is 19.2. The van der Waals surface area contributed by atoms with Crippen molar-refractivity contribution in [1.82, 2.24) is 4.98 Å². The minimum absolute atomic E-state index is 0.167. The number of pyridine rings is 1. The maximum Gasteiger partial charge on any atom is 0.257 e. The van der Waals surface area contributed by atoms with E-state index in [0.717, 1.165) is 29.0 Å². The van der Waals surface area contributed by atoms with Crippen LogP contribution in [0, 0.1) is 0 Å². The first-order valence-corrected chi connectivity index (χ1v) is 8.92. The maximum atomic E-state index is 12.5. The third kappa shape index (κ3) is 4.64. The van der Waals surface area contributed by atoms with Crippen LogP contribution in [0.3, 0.4) is 0 Å². The molecule has 2 aromatic carbocycles. The highest BCUT2D eigenvalue weighted by Crippen LogP contribution is 2.19. The van der Waals surface area contributed by atoms with E-state index in [1.54, 1.807) is 25.4 Å². The lowest BCUT2D eigenvalue weighted by atomic mass is 10.1. The van der Waals surface area contributed by atoms with Gasteiger partial charge in [-0.3, -0.25) is 4.79 Å². The number of carbonyl (C=O) groups excluding carboxylic acids is 1. The SMILES string of the molecule is CCc1ccccc1NC(=O)c1ccc(NCc2ccccc2OC)nc1. The summed E-state index contributed by atoms with van der Waals surface area (Å²) < 4.78 is 5.35. The van der Waals surface area contributed by atoms with Crippen LogP contribution in [0.5, 0.6) is 5.75 Å². The van der Waals surface area contributed by atoms with Gasteiger partial charge in [0.1, 0.15) is 11.6 Å². The molecule has 0 bridgehead atoms. The second kappa shape index (κ2) is 8.85.